The summed E-state index contributed by atoms with van der Waals surface area (Å²) in [4.78, 5) is 19.9. The van der Waals surface area contributed by atoms with Crippen molar-refractivity contribution in [1.82, 2.24) is 0 Å². The molecule has 5 nitrogen and oxygen atoms in total. The largest absolute Gasteiger partial charge is 0.480 e. The van der Waals surface area contributed by atoms with Crippen LogP contribution in [0.5, 0.6) is 0 Å². The van der Waals surface area contributed by atoms with E-state index in [1.165, 1.54) is 0 Å². The molecule has 6 heteroatoms. The van der Waals surface area contributed by atoms with Crippen LogP contribution in [-0.4, -0.2) is 23.0 Å². The molecule has 0 spiro atoms. The van der Waals surface area contributed by atoms with Crippen LogP contribution in [0.4, 0.5) is 0 Å². The molecule has 0 aliphatic carbocycles. The van der Waals surface area contributed by atoms with Crippen molar-refractivity contribution in [3.63, 3.8) is 0 Å². The maximum Gasteiger partial charge on any atom is 0.321 e. The number of carboxylic acid groups (broad SMARTS) is 1. The Hall–Kier alpha value is -0.477. The number of carboxylic acids is 1. The van der Waals surface area contributed by atoms with E-state index in [-0.39, 0.29) is 25.9 Å². The van der Waals surface area contributed by atoms with Gasteiger partial charge in [-0.2, -0.15) is 0 Å². The summed E-state index contributed by atoms with van der Waals surface area (Å²) in [6.07, 6.45) is -0.310. The van der Waals surface area contributed by atoms with Gasteiger partial charge >= 0.3 is 5.97 Å². The van der Waals surface area contributed by atoms with Crippen LogP contribution in [0.3, 0.4) is 0 Å². The molecule has 0 rings (SSSR count). The van der Waals surface area contributed by atoms with Crippen LogP contribution in [0, 0.1) is 0 Å². The third-order valence-corrected chi connectivity index (χ3v) is 0.738. The topological polar surface area (TPSA) is 106 Å². The molecule has 0 aromatic heterocycles. The smallest absolute Gasteiger partial charge is 0.321 e. The first-order chi connectivity index (χ1) is 4.04. The molecule has 5 N–H and O–H groups in total. The summed E-state index contributed by atoms with van der Waals surface area (Å²) < 4.78 is 0. The van der Waals surface area contributed by atoms with Gasteiger partial charge in [0, 0.05) is 19.5 Å². The van der Waals surface area contributed by atoms with Gasteiger partial charge in [-0.05, 0) is 0 Å². The molecule has 0 unspecified atom stereocenters. The van der Waals surface area contributed by atoms with Gasteiger partial charge in [0.05, 0.1) is 6.42 Å². The van der Waals surface area contributed by atoms with E-state index < -0.39 is 17.9 Å². The van der Waals surface area contributed by atoms with Gasteiger partial charge < -0.3 is 16.6 Å². The zero-order valence-electron chi connectivity index (χ0n) is 5.41. The zero-order valence-corrected chi connectivity index (χ0v) is 8.38. The van der Waals surface area contributed by atoms with E-state index in [4.69, 9.17) is 10.8 Å². The Labute approximate surface area is 70.5 Å². The molecule has 0 radical (unpaired) electrons. The van der Waals surface area contributed by atoms with Crippen LogP contribution in [0.2, 0.25) is 0 Å². The van der Waals surface area contributed by atoms with E-state index >= 15 is 0 Å². The first kappa shape index (κ1) is 12.2. The number of hydrogen-bond donors (Lipinski definition) is 3. The van der Waals surface area contributed by atoms with E-state index in [0.717, 1.165) is 0 Å². The number of carbonyl (C=O) groups excluding carboxylic acids is 1. The zero-order chi connectivity index (χ0) is 7.44. The van der Waals surface area contributed by atoms with Crippen LogP contribution in [-0.2, 0) is 29.1 Å². The molecule has 0 saturated carbocycles. The van der Waals surface area contributed by atoms with Gasteiger partial charge in [-0.25, -0.2) is 0 Å². The van der Waals surface area contributed by atoms with Gasteiger partial charge in [-0.15, -0.1) is 0 Å². The SMILES string of the molecule is NC(=O)C[C@H](N)C(=O)O.[Zn]. The van der Waals surface area contributed by atoms with Gasteiger partial charge in [-0.3, -0.25) is 9.59 Å². The average molecular weight is 198 g/mol. The van der Waals surface area contributed by atoms with Gasteiger partial charge in [0.2, 0.25) is 5.91 Å². The predicted molar refractivity (Wildman–Crippen MR) is 29.4 cm³/mol. The standard InChI is InChI=1S/C4H8N2O3.Zn/c5-2(4(8)9)1-3(6)7;/h2H,1,5H2,(H2,6,7)(H,8,9);/t2-;/m0./s1. The summed E-state index contributed by atoms with van der Waals surface area (Å²) in [5.74, 6) is -1.92. The van der Waals surface area contributed by atoms with Gasteiger partial charge in [-0.1, -0.05) is 0 Å². The third kappa shape index (κ3) is 5.66. The number of amides is 1. The molecular formula is C4H8N2O3Zn. The molecule has 0 aliphatic rings. The molecule has 0 saturated heterocycles. The molecule has 54 valence electrons. The van der Waals surface area contributed by atoms with E-state index in [1.54, 1.807) is 0 Å². The molecule has 10 heavy (non-hydrogen) atoms. The van der Waals surface area contributed by atoms with Crippen LogP contribution >= 0.6 is 0 Å². The van der Waals surface area contributed by atoms with Crippen molar-refractivity contribution in [3.8, 4) is 0 Å². The maximum absolute atomic E-state index is 9.99. The van der Waals surface area contributed by atoms with Crippen molar-refractivity contribution >= 4 is 11.9 Å². The molecule has 0 aromatic carbocycles. The van der Waals surface area contributed by atoms with Crippen molar-refractivity contribution in [2.75, 3.05) is 0 Å². The number of aliphatic carboxylic acids is 1. The molecule has 0 heterocycles. The molecule has 0 aliphatic heterocycles. The van der Waals surface area contributed by atoms with Crippen molar-refractivity contribution < 1.29 is 34.2 Å². The molecule has 0 bridgehead atoms. The Kier molecular flexibility index (Phi) is 6.50. The van der Waals surface area contributed by atoms with Crippen LogP contribution in [0.1, 0.15) is 6.42 Å². The fourth-order valence-corrected chi connectivity index (χ4v) is 0.304. The van der Waals surface area contributed by atoms with E-state index in [9.17, 15) is 9.59 Å². The van der Waals surface area contributed by atoms with Crippen molar-refractivity contribution in [1.29, 1.82) is 0 Å². The van der Waals surface area contributed by atoms with Gasteiger partial charge in [0.25, 0.3) is 0 Å². The fourth-order valence-electron chi connectivity index (χ4n) is 0.304. The number of carbonyl (C=O) groups is 2. The predicted octanol–water partition coefficient (Wildman–Crippen LogP) is -1.73. The van der Waals surface area contributed by atoms with Crippen LogP contribution in [0.15, 0.2) is 0 Å². The van der Waals surface area contributed by atoms with Crippen molar-refractivity contribution in [2.24, 2.45) is 11.5 Å². The third-order valence-electron chi connectivity index (χ3n) is 0.738. The Morgan fingerprint density at radius 3 is 2.00 bits per heavy atom. The second-order valence-corrected chi connectivity index (χ2v) is 1.62. The second kappa shape index (κ2) is 5.32. The average Bonchev–Trinajstić information content (AvgIpc) is 1.63. The minimum Gasteiger partial charge on any atom is -0.480 e. The quantitative estimate of drug-likeness (QED) is 0.468. The summed E-state index contributed by atoms with van der Waals surface area (Å²) in [7, 11) is 0. The number of hydrogen-bond acceptors (Lipinski definition) is 3. The molecule has 1 atom stereocenters. The summed E-state index contributed by atoms with van der Waals surface area (Å²) in [6.45, 7) is 0. The van der Waals surface area contributed by atoms with E-state index in [2.05, 4.69) is 5.73 Å². The minimum atomic E-state index is -1.21. The van der Waals surface area contributed by atoms with Gasteiger partial charge in [0.1, 0.15) is 6.04 Å². The Balaban J connectivity index is 0. The van der Waals surface area contributed by atoms with Crippen LogP contribution in [0.25, 0.3) is 0 Å². The normalized spacial score (nSPS) is 11.3. The van der Waals surface area contributed by atoms with Crippen LogP contribution < -0.4 is 11.5 Å². The Morgan fingerprint density at radius 2 is 1.90 bits per heavy atom. The van der Waals surface area contributed by atoms with E-state index in [0.29, 0.717) is 0 Å². The monoisotopic (exact) mass is 196 g/mol. The first-order valence-electron chi connectivity index (χ1n) is 2.30. The fraction of sp³-hybridized carbons (Fsp3) is 0.500. The summed E-state index contributed by atoms with van der Waals surface area (Å²) >= 11 is 0. The van der Waals surface area contributed by atoms with Crippen molar-refractivity contribution in [2.45, 2.75) is 12.5 Å². The number of rotatable bonds is 3. The molecule has 1 amide bonds. The van der Waals surface area contributed by atoms with Crippen molar-refractivity contribution in [3.05, 3.63) is 0 Å². The van der Waals surface area contributed by atoms with E-state index in [1.807, 2.05) is 0 Å². The first-order valence-corrected chi connectivity index (χ1v) is 2.30. The Morgan fingerprint density at radius 1 is 1.50 bits per heavy atom. The number of primary amides is 1. The van der Waals surface area contributed by atoms with Gasteiger partial charge in [0.15, 0.2) is 0 Å². The minimum absolute atomic E-state index is 0. The second-order valence-electron chi connectivity index (χ2n) is 1.62. The summed E-state index contributed by atoms with van der Waals surface area (Å²) in [6, 6.07) is -1.16. The molecular weight excluding hydrogens is 189 g/mol. The molecule has 0 fully saturated rings. The summed E-state index contributed by atoms with van der Waals surface area (Å²) in [5.41, 5.74) is 9.57. The summed E-state index contributed by atoms with van der Waals surface area (Å²) in [5, 5.41) is 8.10. The molecule has 0 aromatic rings. The maximum atomic E-state index is 9.99. The number of nitrogens with two attached hydrogens (primary N) is 2. The Bertz CT molecular complexity index is 138.